The van der Waals surface area contributed by atoms with Gasteiger partial charge in [-0.2, -0.15) is 0 Å². The van der Waals surface area contributed by atoms with Crippen molar-refractivity contribution in [3.8, 4) is 0 Å². The maximum absolute atomic E-state index is 12.5. The molecule has 1 aromatic rings. The second-order valence-electron chi connectivity index (χ2n) is 6.03. The molecule has 21 heavy (non-hydrogen) atoms. The lowest BCUT2D eigenvalue weighted by Gasteiger charge is -2.27. The number of benzene rings is 1. The first-order valence-electron chi connectivity index (χ1n) is 7.59. The van der Waals surface area contributed by atoms with Crippen LogP contribution in [0.5, 0.6) is 0 Å². The minimum absolute atomic E-state index is 0.0559. The number of anilines is 1. The number of halogens is 1. The van der Waals surface area contributed by atoms with E-state index < -0.39 is 0 Å². The van der Waals surface area contributed by atoms with Crippen molar-refractivity contribution in [1.29, 1.82) is 0 Å². The van der Waals surface area contributed by atoms with Gasteiger partial charge in [-0.15, -0.1) is 0 Å². The fraction of sp³-hybridized carbons (Fsp3) is 0.562. The molecule has 1 aromatic carbocycles. The molecule has 1 fully saturated rings. The molecule has 0 spiro atoms. The second-order valence-corrected chi connectivity index (χ2v) is 6.47. The third kappa shape index (κ3) is 5.21. The zero-order valence-corrected chi connectivity index (χ0v) is 13.5. The number of carbonyl (C=O) groups is 1. The Morgan fingerprint density at radius 1 is 1.52 bits per heavy atom. The predicted molar refractivity (Wildman–Crippen MR) is 87.9 cm³/mol. The summed E-state index contributed by atoms with van der Waals surface area (Å²) in [6.07, 6.45) is 2.33. The summed E-state index contributed by atoms with van der Waals surface area (Å²) in [4.78, 5) is 14.4. The Bertz CT molecular complexity index is 472. The number of urea groups is 1. The number of rotatable bonds is 5. The molecule has 0 bridgehead atoms. The van der Waals surface area contributed by atoms with Crippen LogP contribution in [-0.2, 0) is 0 Å². The van der Waals surface area contributed by atoms with Crippen molar-refractivity contribution in [2.24, 2.45) is 5.92 Å². The van der Waals surface area contributed by atoms with Gasteiger partial charge in [0.2, 0.25) is 0 Å². The van der Waals surface area contributed by atoms with Crippen LogP contribution < -0.4 is 10.6 Å². The average molecular weight is 310 g/mol. The fourth-order valence-corrected chi connectivity index (χ4v) is 2.82. The summed E-state index contributed by atoms with van der Waals surface area (Å²) in [5.41, 5.74) is 0.737. The van der Waals surface area contributed by atoms with Gasteiger partial charge in [0.15, 0.2) is 0 Å². The Kier molecular flexibility index (Phi) is 5.88. The van der Waals surface area contributed by atoms with Crippen LogP contribution in [0, 0.1) is 5.92 Å². The summed E-state index contributed by atoms with van der Waals surface area (Å²) in [6.45, 7) is 6.81. The molecule has 0 aliphatic carbocycles. The first-order valence-corrected chi connectivity index (χ1v) is 7.97. The van der Waals surface area contributed by atoms with Gasteiger partial charge in [0, 0.05) is 29.8 Å². The number of nitrogens with one attached hydrogen (secondary N) is 2. The van der Waals surface area contributed by atoms with Crippen LogP contribution in [-0.4, -0.2) is 36.6 Å². The highest BCUT2D eigenvalue weighted by Gasteiger charge is 2.22. The zero-order chi connectivity index (χ0) is 15.2. The second kappa shape index (κ2) is 7.66. The molecular weight excluding hydrogens is 286 g/mol. The van der Waals surface area contributed by atoms with Gasteiger partial charge in [-0.25, -0.2) is 4.79 Å². The summed E-state index contributed by atoms with van der Waals surface area (Å²) >= 11 is 5.95. The maximum Gasteiger partial charge on any atom is 0.321 e. The summed E-state index contributed by atoms with van der Waals surface area (Å²) < 4.78 is 0. The topological polar surface area (TPSA) is 44.4 Å². The number of amides is 2. The fourth-order valence-electron chi connectivity index (χ4n) is 2.63. The van der Waals surface area contributed by atoms with Crippen LogP contribution in [0.4, 0.5) is 10.5 Å². The van der Waals surface area contributed by atoms with E-state index in [0.29, 0.717) is 17.0 Å². The van der Waals surface area contributed by atoms with Gasteiger partial charge in [0.05, 0.1) is 0 Å². The monoisotopic (exact) mass is 309 g/mol. The van der Waals surface area contributed by atoms with E-state index >= 15 is 0 Å². The highest BCUT2D eigenvalue weighted by molar-refractivity contribution is 6.30. The van der Waals surface area contributed by atoms with Crippen LogP contribution in [0.15, 0.2) is 24.3 Å². The molecule has 116 valence electrons. The van der Waals surface area contributed by atoms with Gasteiger partial charge in [-0.05, 0) is 43.5 Å². The Morgan fingerprint density at radius 2 is 2.33 bits per heavy atom. The standard InChI is InChI=1S/C16H24ClN3O/c1-12(2)10-20(11-15-7-4-8-18-15)16(21)19-14-6-3-5-13(17)9-14/h3,5-6,9,12,15,18H,4,7-8,10-11H2,1-2H3,(H,19,21). The lowest BCUT2D eigenvalue weighted by atomic mass is 10.1. The van der Waals surface area contributed by atoms with E-state index in [1.807, 2.05) is 17.0 Å². The Balaban J connectivity index is 1.98. The smallest absolute Gasteiger partial charge is 0.321 e. The third-order valence-corrected chi connectivity index (χ3v) is 3.79. The molecule has 2 N–H and O–H groups in total. The number of nitrogens with zero attached hydrogens (tertiary/aromatic N) is 1. The highest BCUT2D eigenvalue weighted by Crippen LogP contribution is 2.16. The van der Waals surface area contributed by atoms with Gasteiger partial charge in [0.25, 0.3) is 0 Å². The Hall–Kier alpha value is -1.26. The first-order chi connectivity index (χ1) is 10.0. The average Bonchev–Trinajstić information content (AvgIpc) is 2.90. The minimum atomic E-state index is -0.0559. The van der Waals surface area contributed by atoms with Crippen LogP contribution in [0.3, 0.4) is 0 Å². The van der Waals surface area contributed by atoms with E-state index in [2.05, 4.69) is 24.5 Å². The molecule has 0 saturated carbocycles. The first kappa shape index (κ1) is 16.1. The molecule has 1 heterocycles. The Morgan fingerprint density at radius 3 is 2.95 bits per heavy atom. The molecule has 1 aliphatic rings. The van der Waals surface area contributed by atoms with Crippen LogP contribution >= 0.6 is 11.6 Å². The predicted octanol–water partition coefficient (Wildman–Crippen LogP) is 3.58. The van der Waals surface area contributed by atoms with Crippen molar-refractivity contribution in [2.45, 2.75) is 32.7 Å². The van der Waals surface area contributed by atoms with Gasteiger partial charge >= 0.3 is 6.03 Å². The van der Waals surface area contributed by atoms with Crippen LogP contribution in [0.1, 0.15) is 26.7 Å². The SMILES string of the molecule is CC(C)CN(CC1CCCN1)C(=O)Nc1cccc(Cl)c1. The normalized spacial score (nSPS) is 18.0. The third-order valence-electron chi connectivity index (χ3n) is 3.55. The van der Waals surface area contributed by atoms with Gasteiger partial charge in [-0.1, -0.05) is 31.5 Å². The molecule has 1 unspecified atom stereocenters. The van der Waals surface area contributed by atoms with Gasteiger partial charge < -0.3 is 15.5 Å². The molecule has 2 rings (SSSR count). The van der Waals surface area contributed by atoms with E-state index in [1.165, 1.54) is 6.42 Å². The molecular formula is C16H24ClN3O. The van der Waals surface area contributed by atoms with Crippen molar-refractivity contribution < 1.29 is 4.79 Å². The molecule has 0 aromatic heterocycles. The molecule has 1 aliphatic heterocycles. The molecule has 1 saturated heterocycles. The van der Waals surface area contributed by atoms with Crippen LogP contribution in [0.25, 0.3) is 0 Å². The van der Waals surface area contributed by atoms with E-state index in [0.717, 1.165) is 31.7 Å². The van der Waals surface area contributed by atoms with Crippen molar-refractivity contribution in [3.63, 3.8) is 0 Å². The zero-order valence-electron chi connectivity index (χ0n) is 12.7. The maximum atomic E-state index is 12.5. The quantitative estimate of drug-likeness (QED) is 0.873. The largest absolute Gasteiger partial charge is 0.323 e. The van der Waals surface area contributed by atoms with Crippen molar-refractivity contribution in [1.82, 2.24) is 10.2 Å². The van der Waals surface area contributed by atoms with Crippen molar-refractivity contribution >= 4 is 23.3 Å². The van der Waals surface area contributed by atoms with Crippen LogP contribution in [0.2, 0.25) is 5.02 Å². The molecule has 0 radical (unpaired) electrons. The van der Waals surface area contributed by atoms with Crippen molar-refractivity contribution in [2.75, 3.05) is 25.0 Å². The number of hydrogen-bond donors (Lipinski definition) is 2. The molecule has 1 atom stereocenters. The summed E-state index contributed by atoms with van der Waals surface area (Å²) in [5.74, 6) is 0.441. The van der Waals surface area contributed by atoms with Crippen molar-refractivity contribution in [3.05, 3.63) is 29.3 Å². The summed E-state index contributed by atoms with van der Waals surface area (Å²) in [5, 5.41) is 7.01. The summed E-state index contributed by atoms with van der Waals surface area (Å²) in [6, 6.07) is 7.61. The molecule has 4 nitrogen and oxygen atoms in total. The van der Waals surface area contributed by atoms with E-state index in [9.17, 15) is 4.79 Å². The minimum Gasteiger partial charge on any atom is -0.323 e. The summed E-state index contributed by atoms with van der Waals surface area (Å²) in [7, 11) is 0. The molecule has 2 amide bonds. The van der Waals surface area contributed by atoms with Gasteiger partial charge in [0.1, 0.15) is 0 Å². The van der Waals surface area contributed by atoms with Gasteiger partial charge in [-0.3, -0.25) is 0 Å². The number of carbonyl (C=O) groups excluding carboxylic acids is 1. The Labute approximate surface area is 131 Å². The number of hydrogen-bond acceptors (Lipinski definition) is 2. The van der Waals surface area contributed by atoms with E-state index in [4.69, 9.17) is 11.6 Å². The lowest BCUT2D eigenvalue weighted by molar-refractivity contribution is 0.198. The molecule has 5 heteroatoms. The lowest BCUT2D eigenvalue weighted by Crippen LogP contribution is -2.44. The van der Waals surface area contributed by atoms with E-state index in [-0.39, 0.29) is 6.03 Å². The van der Waals surface area contributed by atoms with E-state index in [1.54, 1.807) is 12.1 Å². The highest BCUT2D eigenvalue weighted by atomic mass is 35.5.